The maximum absolute atomic E-state index is 13.6. The molecule has 4 heteroatoms. The van der Waals surface area contributed by atoms with E-state index < -0.39 is 11.4 Å². The molecule has 0 aromatic carbocycles. The molecule has 0 radical (unpaired) electrons. The van der Waals surface area contributed by atoms with E-state index in [2.05, 4.69) is 4.98 Å². The molecule has 1 aromatic rings. The number of aromatic nitrogens is 1. The summed E-state index contributed by atoms with van der Waals surface area (Å²) >= 11 is 0. The predicted octanol–water partition coefficient (Wildman–Crippen LogP) is 1.82. The van der Waals surface area contributed by atoms with Crippen molar-refractivity contribution in [1.82, 2.24) is 4.98 Å². The summed E-state index contributed by atoms with van der Waals surface area (Å²) in [7, 11) is 0. The zero-order valence-corrected chi connectivity index (χ0v) is 8.31. The normalized spacial score (nSPS) is 10.3. The van der Waals surface area contributed by atoms with Gasteiger partial charge in [-0.1, -0.05) is 13.8 Å². The zero-order chi connectivity index (χ0) is 10.9. The fourth-order valence-corrected chi connectivity index (χ4v) is 1.37. The van der Waals surface area contributed by atoms with Crippen LogP contribution < -0.4 is 5.56 Å². The largest absolute Gasteiger partial charge is 0.322 e. The Morgan fingerprint density at radius 1 is 1.50 bits per heavy atom. The highest BCUT2D eigenvalue weighted by atomic mass is 19.1. The summed E-state index contributed by atoms with van der Waals surface area (Å²) in [5.74, 6) is -0.665. The Morgan fingerprint density at radius 2 is 2.07 bits per heavy atom. The molecule has 0 saturated carbocycles. The molecule has 0 spiro atoms. The molecular formula is C10H11FN2O. The minimum atomic E-state index is -0.518. The van der Waals surface area contributed by atoms with E-state index in [1.54, 1.807) is 19.9 Å². The lowest BCUT2D eigenvalue weighted by molar-refractivity contribution is 0.578. The van der Waals surface area contributed by atoms with Gasteiger partial charge < -0.3 is 4.98 Å². The summed E-state index contributed by atoms with van der Waals surface area (Å²) in [5.41, 5.74) is -0.260. The minimum absolute atomic E-state index is 0.122. The molecule has 1 N–H and O–H groups in total. The van der Waals surface area contributed by atoms with Crippen LogP contribution in [0.4, 0.5) is 4.39 Å². The highest BCUT2D eigenvalue weighted by molar-refractivity contribution is 5.39. The van der Waals surface area contributed by atoms with E-state index in [0.29, 0.717) is 0 Å². The Morgan fingerprint density at radius 3 is 2.50 bits per heavy atom. The number of halogens is 1. The van der Waals surface area contributed by atoms with Crippen molar-refractivity contribution in [2.24, 2.45) is 0 Å². The maximum atomic E-state index is 13.6. The first-order chi connectivity index (χ1) is 6.49. The molecule has 74 valence electrons. The minimum Gasteiger partial charge on any atom is -0.322 e. The Balaban J connectivity index is 3.68. The molecule has 0 aliphatic heterocycles. The zero-order valence-electron chi connectivity index (χ0n) is 8.31. The van der Waals surface area contributed by atoms with Crippen molar-refractivity contribution >= 4 is 0 Å². The molecule has 0 bridgehead atoms. The first-order valence-electron chi connectivity index (χ1n) is 4.31. The van der Waals surface area contributed by atoms with Gasteiger partial charge in [-0.05, 0) is 12.8 Å². The van der Waals surface area contributed by atoms with Crippen LogP contribution in [0.15, 0.2) is 4.79 Å². The molecular weight excluding hydrogens is 183 g/mol. The number of pyridine rings is 1. The van der Waals surface area contributed by atoms with Crippen LogP contribution in [0, 0.1) is 24.1 Å². The van der Waals surface area contributed by atoms with E-state index >= 15 is 0 Å². The Bertz CT molecular complexity index is 454. The quantitative estimate of drug-likeness (QED) is 0.741. The monoisotopic (exact) mass is 194 g/mol. The van der Waals surface area contributed by atoms with Gasteiger partial charge in [0, 0.05) is 5.56 Å². The fraction of sp³-hybridized carbons (Fsp3) is 0.400. The standard InChI is InChI=1S/C10H11FN2O/c1-5(2)8-7(4-12)10(14)13-6(3)9(8)11/h5H,1-3H3,(H,13,14). The van der Waals surface area contributed by atoms with E-state index in [0.717, 1.165) is 0 Å². The lowest BCUT2D eigenvalue weighted by Crippen LogP contribution is -2.18. The topological polar surface area (TPSA) is 56.6 Å². The van der Waals surface area contributed by atoms with Crippen LogP contribution in [0.3, 0.4) is 0 Å². The van der Waals surface area contributed by atoms with Crippen LogP contribution in [-0.2, 0) is 0 Å². The van der Waals surface area contributed by atoms with E-state index in [1.807, 2.05) is 0 Å². The van der Waals surface area contributed by atoms with Crippen LogP contribution in [0.1, 0.15) is 36.6 Å². The van der Waals surface area contributed by atoms with Crippen molar-refractivity contribution in [1.29, 1.82) is 5.26 Å². The summed E-state index contributed by atoms with van der Waals surface area (Å²) in [5, 5.41) is 8.73. The summed E-state index contributed by atoms with van der Waals surface area (Å²) in [6.45, 7) is 4.97. The van der Waals surface area contributed by atoms with Crippen LogP contribution in [0.25, 0.3) is 0 Å². The van der Waals surface area contributed by atoms with Gasteiger partial charge in [0.15, 0.2) is 0 Å². The van der Waals surface area contributed by atoms with E-state index in [9.17, 15) is 9.18 Å². The third kappa shape index (κ3) is 1.53. The third-order valence-corrected chi connectivity index (χ3v) is 2.05. The van der Waals surface area contributed by atoms with E-state index in [4.69, 9.17) is 5.26 Å². The average molecular weight is 194 g/mol. The Hall–Kier alpha value is -1.63. The maximum Gasteiger partial charge on any atom is 0.266 e. The predicted molar refractivity (Wildman–Crippen MR) is 50.6 cm³/mol. The van der Waals surface area contributed by atoms with Crippen molar-refractivity contribution in [2.75, 3.05) is 0 Å². The summed E-state index contributed by atoms with van der Waals surface area (Å²) < 4.78 is 13.6. The molecule has 0 unspecified atom stereocenters. The molecule has 0 aliphatic rings. The molecule has 0 fully saturated rings. The number of nitrogens with one attached hydrogen (secondary N) is 1. The smallest absolute Gasteiger partial charge is 0.266 e. The van der Waals surface area contributed by atoms with Gasteiger partial charge in [-0.15, -0.1) is 0 Å². The van der Waals surface area contributed by atoms with Crippen molar-refractivity contribution in [3.05, 3.63) is 33.0 Å². The van der Waals surface area contributed by atoms with Crippen LogP contribution in [0.2, 0.25) is 0 Å². The first kappa shape index (κ1) is 10.5. The third-order valence-electron chi connectivity index (χ3n) is 2.05. The molecule has 14 heavy (non-hydrogen) atoms. The molecule has 1 heterocycles. The second-order valence-corrected chi connectivity index (χ2v) is 3.45. The van der Waals surface area contributed by atoms with Gasteiger partial charge in [-0.2, -0.15) is 5.26 Å². The molecule has 0 atom stereocenters. The lowest BCUT2D eigenvalue weighted by atomic mass is 9.98. The molecule has 0 saturated heterocycles. The van der Waals surface area contributed by atoms with Crippen molar-refractivity contribution in [3.63, 3.8) is 0 Å². The Kier molecular flexibility index (Phi) is 2.70. The number of hydrogen-bond donors (Lipinski definition) is 1. The fourth-order valence-electron chi connectivity index (χ4n) is 1.37. The number of rotatable bonds is 1. The second kappa shape index (κ2) is 3.62. The van der Waals surface area contributed by atoms with Crippen molar-refractivity contribution < 1.29 is 4.39 Å². The average Bonchev–Trinajstić information content (AvgIpc) is 2.10. The van der Waals surface area contributed by atoms with Crippen molar-refractivity contribution in [3.8, 4) is 6.07 Å². The van der Waals surface area contributed by atoms with Crippen molar-refractivity contribution in [2.45, 2.75) is 26.7 Å². The van der Waals surface area contributed by atoms with Gasteiger partial charge in [0.1, 0.15) is 17.4 Å². The van der Waals surface area contributed by atoms with Gasteiger partial charge in [-0.25, -0.2) is 4.39 Å². The van der Waals surface area contributed by atoms with Gasteiger partial charge in [0.05, 0.1) is 5.69 Å². The van der Waals surface area contributed by atoms with Gasteiger partial charge in [-0.3, -0.25) is 4.79 Å². The molecule has 3 nitrogen and oxygen atoms in total. The van der Waals surface area contributed by atoms with Gasteiger partial charge >= 0.3 is 0 Å². The summed E-state index contributed by atoms with van der Waals surface area (Å²) in [6, 6.07) is 1.73. The summed E-state index contributed by atoms with van der Waals surface area (Å²) in [4.78, 5) is 13.6. The van der Waals surface area contributed by atoms with E-state index in [1.165, 1.54) is 6.92 Å². The number of aromatic amines is 1. The van der Waals surface area contributed by atoms with Gasteiger partial charge in [0.2, 0.25) is 0 Å². The Labute approximate surface area is 81.2 Å². The highest BCUT2D eigenvalue weighted by Gasteiger charge is 2.17. The number of nitriles is 1. The van der Waals surface area contributed by atoms with E-state index in [-0.39, 0.29) is 22.7 Å². The number of H-pyrrole nitrogens is 1. The second-order valence-electron chi connectivity index (χ2n) is 3.45. The molecule has 0 amide bonds. The first-order valence-corrected chi connectivity index (χ1v) is 4.31. The molecule has 0 aliphatic carbocycles. The molecule has 1 aromatic heterocycles. The van der Waals surface area contributed by atoms with Gasteiger partial charge in [0.25, 0.3) is 5.56 Å². The number of hydrogen-bond acceptors (Lipinski definition) is 2. The number of aryl methyl sites for hydroxylation is 1. The SMILES string of the molecule is Cc1[nH]c(=O)c(C#N)c(C(C)C)c1F. The van der Waals surface area contributed by atoms with Crippen LogP contribution in [0.5, 0.6) is 0 Å². The highest BCUT2D eigenvalue weighted by Crippen LogP contribution is 2.21. The molecule has 1 rings (SSSR count). The van der Waals surface area contributed by atoms with Crippen LogP contribution in [-0.4, -0.2) is 4.98 Å². The summed E-state index contributed by atoms with van der Waals surface area (Å²) in [6.07, 6.45) is 0. The van der Waals surface area contributed by atoms with Crippen LogP contribution >= 0.6 is 0 Å². The lowest BCUT2D eigenvalue weighted by Gasteiger charge is -2.09. The number of nitrogens with zero attached hydrogens (tertiary/aromatic N) is 1.